The van der Waals surface area contributed by atoms with Crippen LogP contribution < -0.4 is 5.32 Å². The molecule has 19 heavy (non-hydrogen) atoms. The summed E-state index contributed by atoms with van der Waals surface area (Å²) in [4.78, 5) is 12.8. The highest BCUT2D eigenvalue weighted by molar-refractivity contribution is 8.00. The van der Waals surface area contributed by atoms with Gasteiger partial charge in [-0.2, -0.15) is 0 Å². The van der Waals surface area contributed by atoms with E-state index >= 15 is 0 Å². The number of amides is 1. The molecule has 1 amide bonds. The summed E-state index contributed by atoms with van der Waals surface area (Å²) in [6.45, 7) is 1.44. The fraction of sp³-hybridized carbons (Fsp3) is 0.500. The van der Waals surface area contributed by atoms with Gasteiger partial charge in [0.15, 0.2) is 0 Å². The van der Waals surface area contributed by atoms with Crippen LogP contribution in [0.3, 0.4) is 0 Å². The Morgan fingerprint density at radius 2 is 2.16 bits per heavy atom. The van der Waals surface area contributed by atoms with Crippen molar-refractivity contribution in [2.24, 2.45) is 0 Å². The molecule has 0 aromatic heterocycles. The van der Waals surface area contributed by atoms with Crippen molar-refractivity contribution in [2.75, 3.05) is 18.9 Å². The van der Waals surface area contributed by atoms with Crippen LogP contribution >= 0.6 is 23.4 Å². The number of hydrogen-bond donors (Lipinski definition) is 1. The van der Waals surface area contributed by atoms with Crippen LogP contribution in [-0.2, 0) is 9.53 Å². The number of benzene rings is 1. The molecule has 1 aromatic carbocycles. The second-order valence-electron chi connectivity index (χ2n) is 4.54. The van der Waals surface area contributed by atoms with Crippen LogP contribution in [0.25, 0.3) is 0 Å². The average molecular weight is 300 g/mol. The van der Waals surface area contributed by atoms with Crippen molar-refractivity contribution >= 4 is 29.3 Å². The highest BCUT2D eigenvalue weighted by atomic mass is 35.5. The van der Waals surface area contributed by atoms with E-state index in [1.807, 2.05) is 24.3 Å². The Bertz CT molecular complexity index is 404. The SMILES string of the molecule is O=C(CSc1ccc(Cl)cc1)NC[C@@H]1CCCCO1. The van der Waals surface area contributed by atoms with Gasteiger partial charge < -0.3 is 10.1 Å². The van der Waals surface area contributed by atoms with E-state index in [9.17, 15) is 4.79 Å². The van der Waals surface area contributed by atoms with E-state index in [4.69, 9.17) is 16.3 Å². The minimum atomic E-state index is 0.0501. The molecule has 0 saturated carbocycles. The Balaban J connectivity index is 1.65. The van der Waals surface area contributed by atoms with Crippen molar-refractivity contribution in [1.82, 2.24) is 5.32 Å². The lowest BCUT2D eigenvalue weighted by Crippen LogP contribution is -2.36. The van der Waals surface area contributed by atoms with Crippen LogP contribution in [0.15, 0.2) is 29.2 Å². The molecule has 2 rings (SSSR count). The summed E-state index contributed by atoms with van der Waals surface area (Å²) in [6, 6.07) is 7.50. The first-order chi connectivity index (χ1) is 9.24. The summed E-state index contributed by atoms with van der Waals surface area (Å²) in [5.41, 5.74) is 0. The van der Waals surface area contributed by atoms with Crippen LogP contribution in [0, 0.1) is 0 Å². The van der Waals surface area contributed by atoms with Gasteiger partial charge in [0, 0.05) is 23.1 Å². The Labute approximate surface area is 123 Å². The van der Waals surface area contributed by atoms with E-state index in [0.29, 0.717) is 17.3 Å². The molecule has 0 aliphatic carbocycles. The molecule has 1 aliphatic heterocycles. The summed E-state index contributed by atoms with van der Waals surface area (Å²) in [7, 11) is 0. The van der Waals surface area contributed by atoms with Gasteiger partial charge in [0.1, 0.15) is 0 Å². The predicted octanol–water partition coefficient (Wildman–Crippen LogP) is 3.12. The van der Waals surface area contributed by atoms with Crippen molar-refractivity contribution in [1.29, 1.82) is 0 Å². The standard InChI is InChI=1S/C14H18ClNO2S/c15-11-4-6-13(7-5-11)19-10-14(17)16-9-12-3-1-2-8-18-12/h4-7,12H,1-3,8-10H2,(H,16,17)/t12-/m0/s1. The number of rotatable bonds is 5. The number of carbonyl (C=O) groups excluding carboxylic acids is 1. The fourth-order valence-electron chi connectivity index (χ4n) is 1.93. The molecule has 1 fully saturated rings. The molecule has 1 N–H and O–H groups in total. The summed E-state index contributed by atoms with van der Waals surface area (Å²) >= 11 is 7.32. The van der Waals surface area contributed by atoms with Gasteiger partial charge in [-0.25, -0.2) is 0 Å². The summed E-state index contributed by atoms with van der Waals surface area (Å²) < 4.78 is 5.57. The number of nitrogens with one attached hydrogen (secondary N) is 1. The van der Waals surface area contributed by atoms with Gasteiger partial charge >= 0.3 is 0 Å². The largest absolute Gasteiger partial charge is 0.376 e. The molecule has 1 aromatic rings. The highest BCUT2D eigenvalue weighted by Gasteiger charge is 2.14. The monoisotopic (exact) mass is 299 g/mol. The van der Waals surface area contributed by atoms with Crippen molar-refractivity contribution in [3.8, 4) is 0 Å². The first-order valence-corrected chi connectivity index (χ1v) is 7.87. The van der Waals surface area contributed by atoms with E-state index in [2.05, 4.69) is 5.32 Å². The quantitative estimate of drug-likeness (QED) is 0.849. The number of thioether (sulfide) groups is 1. The molecule has 1 saturated heterocycles. The second-order valence-corrected chi connectivity index (χ2v) is 6.02. The van der Waals surface area contributed by atoms with E-state index in [-0.39, 0.29) is 12.0 Å². The molecular formula is C14H18ClNO2S. The van der Waals surface area contributed by atoms with Gasteiger partial charge in [0.05, 0.1) is 11.9 Å². The molecule has 0 unspecified atom stereocenters. The normalized spacial score (nSPS) is 19.1. The minimum absolute atomic E-state index is 0.0501. The third kappa shape index (κ3) is 5.43. The maximum Gasteiger partial charge on any atom is 0.230 e. The number of carbonyl (C=O) groups is 1. The molecule has 104 valence electrons. The van der Waals surface area contributed by atoms with Crippen LogP contribution in [0.4, 0.5) is 0 Å². The summed E-state index contributed by atoms with van der Waals surface area (Å²) in [5, 5.41) is 3.63. The lowest BCUT2D eigenvalue weighted by molar-refractivity contribution is -0.119. The van der Waals surface area contributed by atoms with E-state index in [0.717, 1.165) is 24.3 Å². The van der Waals surface area contributed by atoms with E-state index < -0.39 is 0 Å². The van der Waals surface area contributed by atoms with Crippen LogP contribution in [0.5, 0.6) is 0 Å². The first kappa shape index (κ1) is 14.7. The Kier molecular flexibility index (Phi) is 6.01. The molecule has 0 bridgehead atoms. The van der Waals surface area contributed by atoms with Crippen molar-refractivity contribution in [2.45, 2.75) is 30.3 Å². The van der Waals surface area contributed by atoms with Crippen LogP contribution in [0.2, 0.25) is 5.02 Å². The van der Waals surface area contributed by atoms with Crippen LogP contribution in [0.1, 0.15) is 19.3 Å². The summed E-state index contributed by atoms with van der Waals surface area (Å²) in [5.74, 6) is 0.475. The Morgan fingerprint density at radius 1 is 1.37 bits per heavy atom. The summed E-state index contributed by atoms with van der Waals surface area (Å²) in [6.07, 6.45) is 3.57. The van der Waals surface area contributed by atoms with Crippen molar-refractivity contribution in [3.05, 3.63) is 29.3 Å². The zero-order valence-corrected chi connectivity index (χ0v) is 12.3. The molecule has 5 heteroatoms. The highest BCUT2D eigenvalue weighted by Crippen LogP contribution is 2.20. The van der Waals surface area contributed by atoms with Gasteiger partial charge in [-0.3, -0.25) is 4.79 Å². The zero-order valence-electron chi connectivity index (χ0n) is 10.7. The second kappa shape index (κ2) is 7.78. The number of halogens is 1. The van der Waals surface area contributed by atoms with Crippen LogP contribution in [-0.4, -0.2) is 30.9 Å². The predicted molar refractivity (Wildman–Crippen MR) is 78.8 cm³/mol. The zero-order chi connectivity index (χ0) is 13.5. The van der Waals surface area contributed by atoms with E-state index in [1.165, 1.54) is 18.2 Å². The van der Waals surface area contributed by atoms with Gasteiger partial charge in [-0.05, 0) is 43.5 Å². The minimum Gasteiger partial charge on any atom is -0.376 e. The van der Waals surface area contributed by atoms with Gasteiger partial charge in [0.25, 0.3) is 0 Å². The number of ether oxygens (including phenoxy) is 1. The fourth-order valence-corrected chi connectivity index (χ4v) is 2.78. The Morgan fingerprint density at radius 3 is 2.84 bits per heavy atom. The molecule has 0 radical (unpaired) electrons. The molecule has 1 atom stereocenters. The maximum absolute atomic E-state index is 11.7. The molecule has 3 nitrogen and oxygen atoms in total. The number of hydrogen-bond acceptors (Lipinski definition) is 3. The Hall–Kier alpha value is -0.710. The molecule has 1 aliphatic rings. The topological polar surface area (TPSA) is 38.3 Å². The molecule has 1 heterocycles. The van der Waals surface area contributed by atoms with E-state index in [1.54, 1.807) is 0 Å². The first-order valence-electron chi connectivity index (χ1n) is 6.51. The third-order valence-electron chi connectivity index (χ3n) is 2.98. The lowest BCUT2D eigenvalue weighted by Gasteiger charge is -2.22. The van der Waals surface area contributed by atoms with Crippen molar-refractivity contribution < 1.29 is 9.53 Å². The molecular weight excluding hydrogens is 282 g/mol. The smallest absolute Gasteiger partial charge is 0.230 e. The molecule has 0 spiro atoms. The maximum atomic E-state index is 11.7. The van der Waals surface area contributed by atoms with Gasteiger partial charge in [0.2, 0.25) is 5.91 Å². The lowest BCUT2D eigenvalue weighted by atomic mass is 10.1. The average Bonchev–Trinajstić information content (AvgIpc) is 2.45. The third-order valence-corrected chi connectivity index (χ3v) is 4.25. The van der Waals surface area contributed by atoms with Gasteiger partial charge in [-0.15, -0.1) is 11.8 Å². The van der Waals surface area contributed by atoms with Crippen molar-refractivity contribution in [3.63, 3.8) is 0 Å². The van der Waals surface area contributed by atoms with Gasteiger partial charge in [-0.1, -0.05) is 11.6 Å².